The zero-order chi connectivity index (χ0) is 13.9. The van der Waals surface area contributed by atoms with E-state index in [9.17, 15) is 0 Å². The second-order valence-corrected chi connectivity index (χ2v) is 4.72. The second-order valence-electron chi connectivity index (χ2n) is 4.72. The molecule has 3 rings (SSSR count). The van der Waals surface area contributed by atoms with Gasteiger partial charge in [0.15, 0.2) is 5.82 Å². The molecule has 1 N–H and O–H groups in total. The predicted octanol–water partition coefficient (Wildman–Crippen LogP) is 1.86. The minimum atomic E-state index is 0.516. The smallest absolute Gasteiger partial charge is 0.216 e. The fraction of sp³-hybridized carbons (Fsp3) is 0.429. The molecule has 6 nitrogen and oxygen atoms in total. The van der Waals surface area contributed by atoms with E-state index in [-0.39, 0.29) is 0 Å². The van der Waals surface area contributed by atoms with Crippen LogP contribution in [0.25, 0.3) is 11.5 Å². The van der Waals surface area contributed by atoms with Crippen molar-refractivity contribution in [2.45, 2.75) is 25.7 Å². The van der Waals surface area contributed by atoms with E-state index >= 15 is 0 Å². The highest BCUT2D eigenvalue weighted by Crippen LogP contribution is 2.28. The highest BCUT2D eigenvalue weighted by molar-refractivity contribution is 5.57. The number of aromatic nitrogens is 4. The molecule has 2 heterocycles. The van der Waals surface area contributed by atoms with Crippen molar-refractivity contribution >= 4 is 5.82 Å². The summed E-state index contributed by atoms with van der Waals surface area (Å²) in [7, 11) is 3.47. The Morgan fingerprint density at radius 3 is 2.80 bits per heavy atom. The maximum absolute atomic E-state index is 5.12. The average Bonchev–Trinajstić information content (AvgIpc) is 2.53. The van der Waals surface area contributed by atoms with Crippen LogP contribution in [0.2, 0.25) is 0 Å². The molecule has 1 aliphatic carbocycles. The van der Waals surface area contributed by atoms with E-state index in [4.69, 9.17) is 4.74 Å². The molecule has 0 spiro atoms. The van der Waals surface area contributed by atoms with Gasteiger partial charge in [-0.2, -0.15) is 0 Å². The Balaban J connectivity index is 2.09. The number of rotatable bonds is 3. The molecule has 104 valence electrons. The molecule has 0 radical (unpaired) electrons. The van der Waals surface area contributed by atoms with Crippen LogP contribution in [-0.4, -0.2) is 34.1 Å². The SMILES string of the molecule is CNc1nc(-c2cc(OC)ncn2)nc2c1CCCC2. The molecule has 0 aromatic carbocycles. The molecule has 0 aliphatic heterocycles. The molecule has 0 atom stereocenters. The Bertz CT molecular complexity index is 612. The van der Waals surface area contributed by atoms with E-state index in [1.165, 1.54) is 24.7 Å². The van der Waals surface area contributed by atoms with Crippen molar-refractivity contribution in [3.8, 4) is 17.4 Å². The fourth-order valence-corrected chi connectivity index (χ4v) is 2.49. The number of ether oxygens (including phenoxy) is 1. The van der Waals surface area contributed by atoms with Gasteiger partial charge < -0.3 is 10.1 Å². The largest absolute Gasteiger partial charge is 0.481 e. The monoisotopic (exact) mass is 271 g/mol. The molecule has 0 amide bonds. The fourth-order valence-electron chi connectivity index (χ4n) is 2.49. The van der Waals surface area contributed by atoms with Crippen molar-refractivity contribution in [2.75, 3.05) is 19.5 Å². The molecule has 0 saturated carbocycles. The van der Waals surface area contributed by atoms with E-state index < -0.39 is 0 Å². The van der Waals surface area contributed by atoms with Crippen LogP contribution in [0.15, 0.2) is 12.4 Å². The number of nitrogens with zero attached hydrogens (tertiary/aromatic N) is 4. The topological polar surface area (TPSA) is 72.8 Å². The van der Waals surface area contributed by atoms with Crippen LogP contribution in [0, 0.1) is 0 Å². The molecule has 20 heavy (non-hydrogen) atoms. The second kappa shape index (κ2) is 5.40. The van der Waals surface area contributed by atoms with Gasteiger partial charge in [0.05, 0.1) is 7.11 Å². The number of fused-ring (bicyclic) bond motifs is 1. The maximum Gasteiger partial charge on any atom is 0.216 e. The van der Waals surface area contributed by atoms with E-state index in [0.717, 1.165) is 24.4 Å². The molecule has 0 fully saturated rings. The lowest BCUT2D eigenvalue weighted by Gasteiger charge is -2.18. The van der Waals surface area contributed by atoms with Gasteiger partial charge in [0.1, 0.15) is 17.8 Å². The summed E-state index contributed by atoms with van der Waals surface area (Å²) in [5.41, 5.74) is 3.05. The van der Waals surface area contributed by atoms with Crippen molar-refractivity contribution in [3.05, 3.63) is 23.7 Å². The molecule has 2 aromatic rings. The number of nitrogens with one attached hydrogen (secondary N) is 1. The van der Waals surface area contributed by atoms with Gasteiger partial charge in [0.25, 0.3) is 0 Å². The number of anilines is 1. The molecule has 0 bridgehead atoms. The first-order chi connectivity index (χ1) is 9.81. The van der Waals surface area contributed by atoms with Crippen molar-refractivity contribution in [3.63, 3.8) is 0 Å². The summed E-state index contributed by atoms with van der Waals surface area (Å²) in [6.45, 7) is 0. The van der Waals surface area contributed by atoms with Crippen molar-refractivity contribution in [1.82, 2.24) is 19.9 Å². The Morgan fingerprint density at radius 2 is 2.00 bits per heavy atom. The lowest BCUT2D eigenvalue weighted by Crippen LogP contribution is -2.12. The van der Waals surface area contributed by atoms with E-state index in [2.05, 4.69) is 25.3 Å². The summed E-state index contributed by atoms with van der Waals surface area (Å²) in [6.07, 6.45) is 5.89. The summed E-state index contributed by atoms with van der Waals surface area (Å²) in [5, 5.41) is 3.17. The highest BCUT2D eigenvalue weighted by Gasteiger charge is 2.18. The molecular weight excluding hydrogens is 254 g/mol. The van der Waals surface area contributed by atoms with Gasteiger partial charge in [-0.3, -0.25) is 0 Å². The summed E-state index contributed by atoms with van der Waals surface area (Å²) < 4.78 is 5.12. The van der Waals surface area contributed by atoms with E-state index in [0.29, 0.717) is 17.4 Å². The Kier molecular flexibility index (Phi) is 3.45. The van der Waals surface area contributed by atoms with Crippen molar-refractivity contribution in [2.24, 2.45) is 0 Å². The number of aryl methyl sites for hydroxylation is 1. The quantitative estimate of drug-likeness (QED) is 0.918. The zero-order valence-electron chi connectivity index (χ0n) is 11.7. The molecule has 0 saturated heterocycles. The lowest BCUT2D eigenvalue weighted by molar-refractivity contribution is 0.397. The molecule has 2 aromatic heterocycles. The van der Waals surface area contributed by atoms with Gasteiger partial charge in [-0.25, -0.2) is 19.9 Å². The standard InChI is InChI=1S/C14H17N5O/c1-15-13-9-5-3-4-6-10(9)18-14(19-13)11-7-12(20-2)17-8-16-11/h7-8H,3-6H2,1-2H3,(H,15,18,19). The molecule has 1 aliphatic rings. The van der Waals surface area contributed by atoms with Crippen LogP contribution in [-0.2, 0) is 12.8 Å². The van der Waals surface area contributed by atoms with E-state index in [1.54, 1.807) is 13.2 Å². The number of hydrogen-bond acceptors (Lipinski definition) is 6. The Morgan fingerprint density at radius 1 is 1.15 bits per heavy atom. The van der Waals surface area contributed by atoms with Crippen LogP contribution in [0.4, 0.5) is 5.82 Å². The van der Waals surface area contributed by atoms with Crippen LogP contribution >= 0.6 is 0 Å². The van der Waals surface area contributed by atoms with Gasteiger partial charge in [0, 0.05) is 24.4 Å². The van der Waals surface area contributed by atoms with Gasteiger partial charge in [-0.05, 0) is 25.7 Å². The molecule has 0 unspecified atom stereocenters. The minimum absolute atomic E-state index is 0.516. The van der Waals surface area contributed by atoms with Crippen LogP contribution in [0.5, 0.6) is 5.88 Å². The van der Waals surface area contributed by atoms with Crippen LogP contribution in [0.1, 0.15) is 24.1 Å². The van der Waals surface area contributed by atoms with Crippen molar-refractivity contribution in [1.29, 1.82) is 0 Å². The maximum atomic E-state index is 5.12. The number of hydrogen-bond donors (Lipinski definition) is 1. The van der Waals surface area contributed by atoms with Crippen LogP contribution < -0.4 is 10.1 Å². The predicted molar refractivity (Wildman–Crippen MR) is 75.8 cm³/mol. The first-order valence-corrected chi connectivity index (χ1v) is 6.75. The van der Waals surface area contributed by atoms with Gasteiger partial charge >= 0.3 is 0 Å². The average molecular weight is 271 g/mol. The Labute approximate surface area is 117 Å². The van der Waals surface area contributed by atoms with Gasteiger partial charge in [-0.15, -0.1) is 0 Å². The zero-order valence-corrected chi connectivity index (χ0v) is 11.7. The first-order valence-electron chi connectivity index (χ1n) is 6.75. The number of methoxy groups -OCH3 is 1. The lowest BCUT2D eigenvalue weighted by atomic mass is 9.96. The van der Waals surface area contributed by atoms with Gasteiger partial charge in [0.2, 0.25) is 5.88 Å². The third kappa shape index (κ3) is 2.29. The third-order valence-electron chi connectivity index (χ3n) is 3.50. The third-order valence-corrected chi connectivity index (χ3v) is 3.50. The summed E-state index contributed by atoms with van der Waals surface area (Å²) in [6, 6.07) is 1.75. The summed E-state index contributed by atoms with van der Waals surface area (Å²) in [4.78, 5) is 17.5. The van der Waals surface area contributed by atoms with Crippen LogP contribution in [0.3, 0.4) is 0 Å². The Hall–Kier alpha value is -2.24. The normalized spacial score (nSPS) is 13.7. The van der Waals surface area contributed by atoms with Crippen molar-refractivity contribution < 1.29 is 4.74 Å². The van der Waals surface area contributed by atoms with E-state index in [1.807, 2.05) is 7.05 Å². The molecular formula is C14H17N5O. The first kappa shape index (κ1) is 12.8. The summed E-state index contributed by atoms with van der Waals surface area (Å²) in [5.74, 6) is 2.04. The highest BCUT2D eigenvalue weighted by atomic mass is 16.5. The summed E-state index contributed by atoms with van der Waals surface area (Å²) >= 11 is 0. The minimum Gasteiger partial charge on any atom is -0.481 e. The molecule has 6 heteroatoms. The van der Waals surface area contributed by atoms with Gasteiger partial charge in [-0.1, -0.05) is 0 Å².